The summed E-state index contributed by atoms with van der Waals surface area (Å²) >= 11 is 0. The summed E-state index contributed by atoms with van der Waals surface area (Å²) in [6.07, 6.45) is 0.689. The first-order valence-corrected chi connectivity index (χ1v) is 5.79. The fraction of sp³-hybridized carbons (Fsp3) is 0.700. The molecule has 2 saturated heterocycles. The van der Waals surface area contributed by atoms with E-state index in [-0.39, 0.29) is 6.04 Å². The van der Waals surface area contributed by atoms with Crippen LogP contribution in [0.1, 0.15) is 36.5 Å². The zero-order valence-corrected chi connectivity index (χ0v) is 9.30. The lowest BCUT2D eigenvalue weighted by Crippen LogP contribution is -2.40. The minimum absolute atomic E-state index is 0.262. The van der Waals surface area contributed by atoms with Crippen molar-refractivity contribution in [2.75, 3.05) is 19.6 Å². The first-order valence-electron chi connectivity index (χ1n) is 5.79. The van der Waals surface area contributed by atoms with Crippen LogP contribution in [-0.4, -0.2) is 45.9 Å². The Bertz CT molecular complexity index is 429. The summed E-state index contributed by atoms with van der Waals surface area (Å²) in [5.41, 5.74) is 0. The first-order chi connectivity index (χ1) is 8.25. The third-order valence-corrected chi connectivity index (χ3v) is 3.39. The summed E-state index contributed by atoms with van der Waals surface area (Å²) in [6, 6.07) is -0.262. The molecule has 0 radical (unpaired) electrons. The molecule has 3 heterocycles. The van der Waals surface area contributed by atoms with Crippen molar-refractivity contribution in [3.8, 4) is 0 Å². The molecule has 1 atom stereocenters. The molecule has 0 aromatic carbocycles. The molecule has 3 rings (SSSR count). The van der Waals surface area contributed by atoms with Gasteiger partial charge in [-0.2, -0.15) is 4.98 Å². The Balaban J connectivity index is 1.78. The van der Waals surface area contributed by atoms with E-state index in [4.69, 9.17) is 9.63 Å². The highest BCUT2D eigenvalue weighted by atomic mass is 16.5. The molecule has 2 aliphatic rings. The van der Waals surface area contributed by atoms with E-state index in [1.807, 2.05) is 0 Å². The van der Waals surface area contributed by atoms with Gasteiger partial charge in [0.05, 0.1) is 0 Å². The second kappa shape index (κ2) is 3.99. The van der Waals surface area contributed by atoms with Gasteiger partial charge in [0.1, 0.15) is 6.04 Å². The number of rotatable bonds is 2. The molecule has 7 nitrogen and oxygen atoms in total. The molecule has 1 aromatic heterocycles. The Labute approximate surface area is 97.8 Å². The predicted octanol–water partition coefficient (Wildman–Crippen LogP) is 0.571. The van der Waals surface area contributed by atoms with Gasteiger partial charge in [-0.3, -0.25) is 4.90 Å². The average Bonchev–Trinajstić information content (AvgIpc) is 2.79. The maximum absolute atomic E-state index is 11.0. The lowest BCUT2D eigenvalue weighted by molar-refractivity contribution is 0.131. The van der Waals surface area contributed by atoms with Crippen molar-refractivity contribution >= 4 is 6.09 Å². The fourth-order valence-corrected chi connectivity index (χ4v) is 2.27. The zero-order chi connectivity index (χ0) is 11.8. The maximum Gasteiger partial charge on any atom is 0.407 e. The molecule has 92 valence electrons. The molecule has 17 heavy (non-hydrogen) atoms. The van der Waals surface area contributed by atoms with Crippen LogP contribution in [0, 0.1) is 0 Å². The molecule has 7 heteroatoms. The van der Waals surface area contributed by atoms with Gasteiger partial charge in [0.2, 0.25) is 5.89 Å². The molecule has 0 aliphatic carbocycles. The summed E-state index contributed by atoms with van der Waals surface area (Å²) < 4.78 is 5.19. The van der Waals surface area contributed by atoms with Crippen molar-refractivity contribution in [3.05, 3.63) is 11.7 Å². The highest BCUT2D eigenvalue weighted by molar-refractivity contribution is 5.65. The number of hydrogen-bond acceptors (Lipinski definition) is 5. The molecule has 1 aromatic rings. The summed E-state index contributed by atoms with van der Waals surface area (Å²) in [6.45, 7) is 2.28. The van der Waals surface area contributed by atoms with Crippen molar-refractivity contribution in [1.82, 2.24) is 20.4 Å². The van der Waals surface area contributed by atoms with Crippen LogP contribution < -0.4 is 5.32 Å². The smallest absolute Gasteiger partial charge is 0.407 e. The van der Waals surface area contributed by atoms with Crippen molar-refractivity contribution in [2.24, 2.45) is 0 Å². The van der Waals surface area contributed by atoms with Crippen LogP contribution in [0.3, 0.4) is 0 Å². The van der Waals surface area contributed by atoms with E-state index in [0.717, 1.165) is 25.9 Å². The number of hydrogen-bond donors (Lipinski definition) is 2. The van der Waals surface area contributed by atoms with Crippen LogP contribution in [0.2, 0.25) is 0 Å². The molecular formula is C10H14N4O3. The first kappa shape index (κ1) is 10.5. The number of nitrogens with one attached hydrogen (secondary N) is 1. The Hall–Kier alpha value is -1.63. The maximum atomic E-state index is 11.0. The van der Waals surface area contributed by atoms with Gasteiger partial charge >= 0.3 is 6.09 Å². The van der Waals surface area contributed by atoms with Crippen LogP contribution in [-0.2, 0) is 0 Å². The standard InChI is InChI=1S/C10H14N4O3/c15-10(16)14-3-1-2-7(14)9-12-8(13-17-9)6-4-11-5-6/h6-7,11H,1-5H2,(H,15,16). The van der Waals surface area contributed by atoms with Crippen LogP contribution in [0.4, 0.5) is 4.79 Å². The Morgan fingerprint density at radius 3 is 3.00 bits per heavy atom. The summed E-state index contributed by atoms with van der Waals surface area (Å²) in [5.74, 6) is 1.44. The van der Waals surface area contributed by atoms with Crippen molar-refractivity contribution in [3.63, 3.8) is 0 Å². The highest BCUT2D eigenvalue weighted by Crippen LogP contribution is 2.31. The molecule has 2 aliphatic heterocycles. The van der Waals surface area contributed by atoms with Gasteiger partial charge in [-0.05, 0) is 12.8 Å². The molecule has 1 unspecified atom stereocenters. The number of carbonyl (C=O) groups is 1. The average molecular weight is 238 g/mol. The van der Waals surface area contributed by atoms with E-state index in [0.29, 0.717) is 24.2 Å². The molecule has 0 spiro atoms. The molecular weight excluding hydrogens is 224 g/mol. The predicted molar refractivity (Wildman–Crippen MR) is 56.6 cm³/mol. The SMILES string of the molecule is O=C(O)N1CCCC1c1nc(C2CNC2)no1. The third kappa shape index (κ3) is 1.76. The molecule has 0 bridgehead atoms. The number of aromatic nitrogens is 2. The number of likely N-dealkylation sites (tertiary alicyclic amines) is 1. The van der Waals surface area contributed by atoms with E-state index in [2.05, 4.69) is 15.5 Å². The van der Waals surface area contributed by atoms with E-state index < -0.39 is 6.09 Å². The van der Waals surface area contributed by atoms with Gasteiger partial charge in [0.25, 0.3) is 0 Å². The van der Waals surface area contributed by atoms with E-state index in [1.165, 1.54) is 4.90 Å². The fourth-order valence-electron chi connectivity index (χ4n) is 2.27. The number of nitrogens with zero attached hydrogens (tertiary/aromatic N) is 3. The van der Waals surface area contributed by atoms with E-state index in [1.54, 1.807) is 0 Å². The number of carboxylic acid groups (broad SMARTS) is 1. The van der Waals surface area contributed by atoms with Gasteiger partial charge in [0.15, 0.2) is 5.82 Å². The summed E-state index contributed by atoms with van der Waals surface area (Å²) in [4.78, 5) is 16.7. The molecule has 0 saturated carbocycles. The van der Waals surface area contributed by atoms with Gasteiger partial charge in [-0.25, -0.2) is 4.79 Å². The van der Waals surface area contributed by atoms with Gasteiger partial charge < -0.3 is 14.9 Å². The van der Waals surface area contributed by atoms with Crippen molar-refractivity contribution < 1.29 is 14.4 Å². The normalized spacial score (nSPS) is 24.9. The highest BCUT2D eigenvalue weighted by Gasteiger charge is 2.35. The van der Waals surface area contributed by atoms with Crippen LogP contribution in [0.15, 0.2) is 4.52 Å². The van der Waals surface area contributed by atoms with Crippen LogP contribution in [0.5, 0.6) is 0 Å². The molecule has 1 amide bonds. The topological polar surface area (TPSA) is 91.5 Å². The third-order valence-electron chi connectivity index (χ3n) is 3.39. The van der Waals surface area contributed by atoms with Gasteiger partial charge in [0, 0.05) is 25.6 Å². The quantitative estimate of drug-likeness (QED) is 0.782. The van der Waals surface area contributed by atoms with Crippen LogP contribution in [0.25, 0.3) is 0 Å². The molecule has 2 N–H and O–H groups in total. The minimum Gasteiger partial charge on any atom is -0.465 e. The largest absolute Gasteiger partial charge is 0.465 e. The Morgan fingerprint density at radius 1 is 1.53 bits per heavy atom. The Morgan fingerprint density at radius 2 is 2.35 bits per heavy atom. The second-order valence-corrected chi connectivity index (χ2v) is 4.48. The van der Waals surface area contributed by atoms with Crippen molar-refractivity contribution in [2.45, 2.75) is 24.8 Å². The zero-order valence-electron chi connectivity index (χ0n) is 9.30. The monoisotopic (exact) mass is 238 g/mol. The van der Waals surface area contributed by atoms with E-state index >= 15 is 0 Å². The van der Waals surface area contributed by atoms with Crippen LogP contribution >= 0.6 is 0 Å². The second-order valence-electron chi connectivity index (χ2n) is 4.48. The summed E-state index contributed by atoms with van der Waals surface area (Å²) in [5, 5.41) is 16.1. The summed E-state index contributed by atoms with van der Waals surface area (Å²) in [7, 11) is 0. The van der Waals surface area contributed by atoms with Gasteiger partial charge in [-0.1, -0.05) is 5.16 Å². The Kier molecular flexibility index (Phi) is 2.47. The lowest BCUT2D eigenvalue weighted by atomic mass is 10.0. The van der Waals surface area contributed by atoms with Gasteiger partial charge in [-0.15, -0.1) is 0 Å². The van der Waals surface area contributed by atoms with Crippen molar-refractivity contribution in [1.29, 1.82) is 0 Å². The lowest BCUT2D eigenvalue weighted by Gasteiger charge is -2.23. The number of amides is 1. The molecule has 2 fully saturated rings. The van der Waals surface area contributed by atoms with E-state index in [9.17, 15) is 4.79 Å². The minimum atomic E-state index is -0.919.